The average molecular weight is 171 g/mol. The Hall–Kier alpha value is -0.570. The fraction of sp³-hybridized carbons (Fsp3) is 0.889. The van der Waals surface area contributed by atoms with E-state index < -0.39 is 5.97 Å². The number of carboxylic acid groups (broad SMARTS) is 1. The lowest BCUT2D eigenvalue weighted by Crippen LogP contribution is -2.29. The van der Waals surface area contributed by atoms with E-state index in [2.05, 4.69) is 5.32 Å². The molecule has 0 bridgehead atoms. The third-order valence-electron chi connectivity index (χ3n) is 2.61. The lowest BCUT2D eigenvalue weighted by Gasteiger charge is -2.21. The van der Waals surface area contributed by atoms with Crippen LogP contribution < -0.4 is 5.32 Å². The molecular formula is C9H17NO2. The molecule has 0 aromatic heterocycles. The Balaban J connectivity index is 2.58. The van der Waals surface area contributed by atoms with E-state index in [0.717, 1.165) is 19.5 Å². The number of hydrogen-bond donors (Lipinski definition) is 2. The summed E-state index contributed by atoms with van der Waals surface area (Å²) < 4.78 is 0. The summed E-state index contributed by atoms with van der Waals surface area (Å²) >= 11 is 0. The van der Waals surface area contributed by atoms with Crippen molar-refractivity contribution in [2.75, 3.05) is 13.1 Å². The van der Waals surface area contributed by atoms with Gasteiger partial charge in [-0.3, -0.25) is 4.79 Å². The summed E-state index contributed by atoms with van der Waals surface area (Å²) in [6, 6.07) is 0. The van der Waals surface area contributed by atoms with Crippen molar-refractivity contribution in [2.45, 2.75) is 20.3 Å². The van der Waals surface area contributed by atoms with Crippen molar-refractivity contribution in [1.82, 2.24) is 5.32 Å². The molecule has 0 amide bonds. The highest BCUT2D eigenvalue weighted by Gasteiger charge is 2.32. The van der Waals surface area contributed by atoms with Crippen molar-refractivity contribution in [2.24, 2.45) is 17.8 Å². The molecule has 2 N–H and O–H groups in total. The highest BCUT2D eigenvalue weighted by molar-refractivity contribution is 5.70. The molecule has 0 aromatic carbocycles. The van der Waals surface area contributed by atoms with Crippen LogP contribution in [0.2, 0.25) is 0 Å². The lowest BCUT2D eigenvalue weighted by atomic mass is 9.83. The maximum absolute atomic E-state index is 10.9. The van der Waals surface area contributed by atoms with Crippen molar-refractivity contribution in [1.29, 1.82) is 0 Å². The first-order valence-corrected chi connectivity index (χ1v) is 4.56. The largest absolute Gasteiger partial charge is 0.481 e. The standard InChI is InChI=1S/C9H17NO2/c1-6(2)8(9(11)12)7-3-4-10-5-7/h6-8,10H,3-5H2,1-2H3,(H,11,12). The number of rotatable bonds is 3. The number of carboxylic acids is 1. The Kier molecular flexibility index (Phi) is 3.09. The zero-order valence-electron chi connectivity index (χ0n) is 7.71. The predicted molar refractivity (Wildman–Crippen MR) is 46.9 cm³/mol. The van der Waals surface area contributed by atoms with Gasteiger partial charge in [-0.2, -0.15) is 0 Å². The first kappa shape index (κ1) is 9.52. The van der Waals surface area contributed by atoms with Crippen LogP contribution in [-0.4, -0.2) is 24.2 Å². The van der Waals surface area contributed by atoms with Gasteiger partial charge in [-0.1, -0.05) is 13.8 Å². The number of hydrogen-bond acceptors (Lipinski definition) is 2. The Morgan fingerprint density at radius 3 is 2.58 bits per heavy atom. The van der Waals surface area contributed by atoms with Gasteiger partial charge in [0.2, 0.25) is 0 Å². The Morgan fingerprint density at radius 2 is 2.25 bits per heavy atom. The molecule has 0 radical (unpaired) electrons. The minimum Gasteiger partial charge on any atom is -0.481 e. The van der Waals surface area contributed by atoms with Crippen LogP contribution in [-0.2, 0) is 4.79 Å². The summed E-state index contributed by atoms with van der Waals surface area (Å²) in [5.74, 6) is -0.228. The summed E-state index contributed by atoms with van der Waals surface area (Å²) in [4.78, 5) is 10.9. The zero-order chi connectivity index (χ0) is 9.14. The predicted octanol–water partition coefficient (Wildman–Crippen LogP) is 0.953. The van der Waals surface area contributed by atoms with Crippen molar-refractivity contribution in [3.05, 3.63) is 0 Å². The molecule has 3 heteroatoms. The van der Waals surface area contributed by atoms with Gasteiger partial charge in [0.1, 0.15) is 0 Å². The van der Waals surface area contributed by atoms with E-state index in [0.29, 0.717) is 5.92 Å². The van der Waals surface area contributed by atoms with Gasteiger partial charge in [0.05, 0.1) is 5.92 Å². The first-order valence-electron chi connectivity index (χ1n) is 4.56. The van der Waals surface area contributed by atoms with E-state index in [1.54, 1.807) is 0 Å². The van der Waals surface area contributed by atoms with Crippen LogP contribution in [0.15, 0.2) is 0 Å². The summed E-state index contributed by atoms with van der Waals surface area (Å²) in [5, 5.41) is 12.2. The fourth-order valence-electron chi connectivity index (χ4n) is 2.01. The third-order valence-corrected chi connectivity index (χ3v) is 2.61. The molecule has 70 valence electrons. The van der Waals surface area contributed by atoms with E-state index in [-0.39, 0.29) is 11.8 Å². The van der Waals surface area contributed by atoms with Gasteiger partial charge in [0.15, 0.2) is 0 Å². The summed E-state index contributed by atoms with van der Waals surface area (Å²) in [6.45, 7) is 5.81. The van der Waals surface area contributed by atoms with Crippen molar-refractivity contribution in [3.63, 3.8) is 0 Å². The second kappa shape index (κ2) is 3.90. The van der Waals surface area contributed by atoms with Crippen LogP contribution in [0.4, 0.5) is 0 Å². The fourth-order valence-corrected chi connectivity index (χ4v) is 2.01. The van der Waals surface area contributed by atoms with E-state index in [9.17, 15) is 4.79 Å². The van der Waals surface area contributed by atoms with Gasteiger partial charge in [-0.05, 0) is 31.3 Å². The first-order chi connectivity index (χ1) is 5.63. The maximum Gasteiger partial charge on any atom is 0.307 e. The molecular weight excluding hydrogens is 154 g/mol. The number of carbonyl (C=O) groups is 1. The van der Waals surface area contributed by atoms with Crippen LogP contribution in [0, 0.1) is 17.8 Å². The number of nitrogens with one attached hydrogen (secondary N) is 1. The van der Waals surface area contributed by atoms with E-state index in [1.165, 1.54) is 0 Å². The van der Waals surface area contributed by atoms with Crippen molar-refractivity contribution >= 4 is 5.97 Å². The topological polar surface area (TPSA) is 49.3 Å². The zero-order valence-corrected chi connectivity index (χ0v) is 7.71. The highest BCUT2D eigenvalue weighted by Crippen LogP contribution is 2.25. The molecule has 12 heavy (non-hydrogen) atoms. The highest BCUT2D eigenvalue weighted by atomic mass is 16.4. The molecule has 1 rings (SSSR count). The normalized spacial score (nSPS) is 26.1. The quantitative estimate of drug-likeness (QED) is 0.664. The molecule has 0 spiro atoms. The number of aliphatic carboxylic acids is 1. The molecule has 0 aliphatic carbocycles. The van der Waals surface area contributed by atoms with Gasteiger partial charge in [-0.15, -0.1) is 0 Å². The van der Waals surface area contributed by atoms with Crippen LogP contribution >= 0.6 is 0 Å². The minimum absolute atomic E-state index is 0.167. The third kappa shape index (κ3) is 1.97. The van der Waals surface area contributed by atoms with Gasteiger partial charge < -0.3 is 10.4 Å². The van der Waals surface area contributed by atoms with Gasteiger partial charge in [-0.25, -0.2) is 0 Å². The average Bonchev–Trinajstić information content (AvgIpc) is 2.37. The van der Waals surface area contributed by atoms with Crippen molar-refractivity contribution < 1.29 is 9.90 Å². The van der Waals surface area contributed by atoms with Crippen LogP contribution in [0.3, 0.4) is 0 Å². The monoisotopic (exact) mass is 171 g/mol. The van der Waals surface area contributed by atoms with Crippen LogP contribution in [0.25, 0.3) is 0 Å². The molecule has 3 nitrogen and oxygen atoms in total. The molecule has 0 saturated carbocycles. The molecule has 0 aromatic rings. The summed E-state index contributed by atoms with van der Waals surface area (Å²) in [7, 11) is 0. The minimum atomic E-state index is -0.640. The molecule has 1 saturated heterocycles. The summed E-state index contributed by atoms with van der Waals surface area (Å²) in [6.07, 6.45) is 1.01. The molecule has 2 unspecified atom stereocenters. The van der Waals surface area contributed by atoms with Gasteiger partial charge >= 0.3 is 5.97 Å². The summed E-state index contributed by atoms with van der Waals surface area (Å²) in [5.41, 5.74) is 0. The van der Waals surface area contributed by atoms with Gasteiger partial charge in [0, 0.05) is 0 Å². The lowest BCUT2D eigenvalue weighted by molar-refractivity contribution is -0.145. The second-order valence-electron chi connectivity index (χ2n) is 3.86. The Labute approximate surface area is 73.2 Å². The Bertz CT molecular complexity index is 162. The molecule has 1 aliphatic rings. The van der Waals surface area contributed by atoms with Crippen LogP contribution in [0.1, 0.15) is 20.3 Å². The molecule has 1 heterocycles. The van der Waals surface area contributed by atoms with Crippen molar-refractivity contribution in [3.8, 4) is 0 Å². The van der Waals surface area contributed by atoms with E-state index in [1.807, 2.05) is 13.8 Å². The SMILES string of the molecule is CC(C)C(C(=O)O)C1CCNC1. The van der Waals surface area contributed by atoms with E-state index in [4.69, 9.17) is 5.11 Å². The van der Waals surface area contributed by atoms with Gasteiger partial charge in [0.25, 0.3) is 0 Å². The van der Waals surface area contributed by atoms with Crippen LogP contribution in [0.5, 0.6) is 0 Å². The second-order valence-corrected chi connectivity index (χ2v) is 3.86. The maximum atomic E-state index is 10.9. The molecule has 2 atom stereocenters. The van der Waals surface area contributed by atoms with E-state index >= 15 is 0 Å². The Morgan fingerprint density at radius 1 is 1.58 bits per heavy atom. The molecule has 1 fully saturated rings. The smallest absolute Gasteiger partial charge is 0.307 e. The molecule has 1 aliphatic heterocycles.